The second kappa shape index (κ2) is 7.64. The van der Waals surface area contributed by atoms with Crippen LogP contribution in [0.5, 0.6) is 0 Å². The van der Waals surface area contributed by atoms with E-state index in [0.29, 0.717) is 11.5 Å². The first-order chi connectivity index (χ1) is 15.3. The van der Waals surface area contributed by atoms with Crippen LogP contribution in [0.4, 0.5) is 0 Å². The second-order valence-electron chi connectivity index (χ2n) is 6.83. The van der Waals surface area contributed by atoms with Gasteiger partial charge in [-0.2, -0.15) is 0 Å². The SMILES string of the molecule is c1ccc(-c2nnn(-c3cncc(-c4cccc5c4Sc4ccccc4S5)c3)n2)nc1. The highest BCUT2D eigenvalue weighted by molar-refractivity contribution is 8.05. The molecule has 6 rings (SSSR count). The number of fused-ring (bicyclic) bond motifs is 2. The minimum absolute atomic E-state index is 0.478. The van der Waals surface area contributed by atoms with Crippen LogP contribution in [-0.2, 0) is 0 Å². The summed E-state index contributed by atoms with van der Waals surface area (Å²) in [4.78, 5) is 15.3. The van der Waals surface area contributed by atoms with E-state index >= 15 is 0 Å². The van der Waals surface area contributed by atoms with E-state index in [0.717, 1.165) is 16.8 Å². The maximum atomic E-state index is 4.49. The van der Waals surface area contributed by atoms with E-state index in [1.165, 1.54) is 24.4 Å². The number of tetrazole rings is 1. The molecule has 0 N–H and O–H groups in total. The zero-order valence-electron chi connectivity index (χ0n) is 16.1. The minimum atomic E-state index is 0.478. The van der Waals surface area contributed by atoms with E-state index in [2.05, 4.69) is 67.8 Å². The molecule has 8 heteroatoms. The van der Waals surface area contributed by atoms with Gasteiger partial charge in [0.1, 0.15) is 11.4 Å². The average Bonchev–Trinajstić information content (AvgIpc) is 3.33. The van der Waals surface area contributed by atoms with Crippen molar-refractivity contribution in [3.8, 4) is 28.3 Å². The third-order valence-electron chi connectivity index (χ3n) is 4.83. The molecule has 6 nitrogen and oxygen atoms in total. The van der Waals surface area contributed by atoms with Crippen molar-refractivity contribution in [1.29, 1.82) is 0 Å². The summed E-state index contributed by atoms with van der Waals surface area (Å²) < 4.78 is 0. The van der Waals surface area contributed by atoms with Crippen molar-refractivity contribution in [3.63, 3.8) is 0 Å². The third-order valence-corrected chi connectivity index (χ3v) is 7.45. The monoisotopic (exact) mass is 438 g/mol. The lowest BCUT2D eigenvalue weighted by atomic mass is 10.1. The summed E-state index contributed by atoms with van der Waals surface area (Å²) in [6, 6.07) is 22.6. The highest BCUT2D eigenvalue weighted by Gasteiger charge is 2.20. The normalized spacial score (nSPS) is 12.3. The summed E-state index contributed by atoms with van der Waals surface area (Å²) in [6.45, 7) is 0. The highest BCUT2D eigenvalue weighted by Crippen LogP contribution is 2.51. The number of benzene rings is 2. The van der Waals surface area contributed by atoms with Gasteiger partial charge in [0.15, 0.2) is 0 Å². The number of pyridine rings is 2. The molecule has 0 spiro atoms. The molecule has 0 atom stereocenters. The van der Waals surface area contributed by atoms with Gasteiger partial charge in [-0.15, -0.1) is 15.0 Å². The van der Waals surface area contributed by atoms with E-state index in [9.17, 15) is 0 Å². The highest BCUT2D eigenvalue weighted by atomic mass is 32.2. The summed E-state index contributed by atoms with van der Waals surface area (Å²) in [6.07, 6.45) is 5.33. The quantitative estimate of drug-likeness (QED) is 0.366. The predicted molar refractivity (Wildman–Crippen MR) is 120 cm³/mol. The molecule has 0 unspecified atom stereocenters. The topological polar surface area (TPSA) is 69.4 Å². The lowest BCUT2D eigenvalue weighted by Gasteiger charge is -2.21. The molecular weight excluding hydrogens is 424 g/mol. The molecule has 1 aliphatic rings. The van der Waals surface area contributed by atoms with Crippen molar-refractivity contribution in [2.75, 3.05) is 0 Å². The van der Waals surface area contributed by atoms with Crippen molar-refractivity contribution in [2.24, 2.45) is 0 Å². The molecule has 5 aromatic rings. The first-order valence-electron chi connectivity index (χ1n) is 9.60. The van der Waals surface area contributed by atoms with Crippen molar-refractivity contribution < 1.29 is 0 Å². The van der Waals surface area contributed by atoms with Crippen molar-refractivity contribution in [3.05, 3.63) is 85.3 Å². The van der Waals surface area contributed by atoms with Crippen LogP contribution in [0.3, 0.4) is 0 Å². The van der Waals surface area contributed by atoms with Gasteiger partial charge in [0, 0.05) is 37.5 Å². The van der Waals surface area contributed by atoms with Gasteiger partial charge in [-0.25, -0.2) is 0 Å². The second-order valence-corrected chi connectivity index (χ2v) is 8.97. The lowest BCUT2D eigenvalue weighted by molar-refractivity contribution is 0.717. The van der Waals surface area contributed by atoms with Crippen LogP contribution in [-0.4, -0.2) is 30.2 Å². The fourth-order valence-corrected chi connectivity index (χ4v) is 5.78. The standard InChI is InChI=1S/C23H14N6S2/c1-2-9-20-19(8-1)30-21-10-5-6-17(22(21)31-20)15-12-16(14-24-13-15)29-27-23(26-28-29)18-7-3-4-11-25-18/h1-14H. The molecule has 1 aliphatic heterocycles. The average molecular weight is 439 g/mol. The first-order valence-corrected chi connectivity index (χ1v) is 11.2. The Balaban J connectivity index is 1.38. The zero-order valence-corrected chi connectivity index (χ0v) is 17.7. The van der Waals surface area contributed by atoms with E-state index in [-0.39, 0.29) is 0 Å². The number of aromatic nitrogens is 6. The zero-order chi connectivity index (χ0) is 20.6. The van der Waals surface area contributed by atoms with Crippen LogP contribution in [0.2, 0.25) is 0 Å². The van der Waals surface area contributed by atoms with Gasteiger partial charge < -0.3 is 0 Å². The maximum absolute atomic E-state index is 4.49. The lowest BCUT2D eigenvalue weighted by Crippen LogP contribution is -2.01. The summed E-state index contributed by atoms with van der Waals surface area (Å²) in [5, 5.41) is 12.8. The Morgan fingerprint density at radius 2 is 1.61 bits per heavy atom. The third kappa shape index (κ3) is 3.39. The van der Waals surface area contributed by atoms with Gasteiger partial charge in [0.2, 0.25) is 5.82 Å². The Labute approximate surface area is 186 Å². The number of hydrogen-bond acceptors (Lipinski definition) is 7. The Morgan fingerprint density at radius 3 is 2.48 bits per heavy atom. The molecule has 2 aromatic carbocycles. The molecule has 148 valence electrons. The van der Waals surface area contributed by atoms with E-state index in [4.69, 9.17) is 0 Å². The smallest absolute Gasteiger partial charge is 0.223 e. The summed E-state index contributed by atoms with van der Waals surface area (Å²) in [5.74, 6) is 0.478. The van der Waals surface area contributed by atoms with Gasteiger partial charge in [0.05, 0.1) is 6.20 Å². The minimum Gasteiger partial charge on any atom is -0.262 e. The van der Waals surface area contributed by atoms with Crippen LogP contribution in [0.25, 0.3) is 28.3 Å². The molecule has 0 saturated heterocycles. The molecule has 0 aliphatic carbocycles. The molecule has 0 fully saturated rings. The Bertz CT molecular complexity index is 1400. The van der Waals surface area contributed by atoms with Crippen molar-refractivity contribution in [1.82, 2.24) is 30.2 Å². The molecule has 3 aromatic heterocycles. The first kappa shape index (κ1) is 18.3. The van der Waals surface area contributed by atoms with Crippen LogP contribution < -0.4 is 0 Å². The largest absolute Gasteiger partial charge is 0.262 e. The van der Waals surface area contributed by atoms with Gasteiger partial charge in [0.25, 0.3) is 0 Å². The number of nitrogens with zero attached hydrogens (tertiary/aromatic N) is 6. The van der Waals surface area contributed by atoms with Crippen LogP contribution in [0, 0.1) is 0 Å². The summed E-state index contributed by atoms with van der Waals surface area (Å²) in [5.41, 5.74) is 3.59. The van der Waals surface area contributed by atoms with E-state index in [1.807, 2.05) is 30.5 Å². The van der Waals surface area contributed by atoms with Gasteiger partial charge in [-0.3, -0.25) is 9.97 Å². The Kier molecular flexibility index (Phi) is 4.51. The maximum Gasteiger partial charge on any atom is 0.223 e. The molecule has 0 bridgehead atoms. The summed E-state index contributed by atoms with van der Waals surface area (Å²) in [7, 11) is 0. The van der Waals surface area contributed by atoms with Gasteiger partial charge in [-0.05, 0) is 47.2 Å². The summed E-state index contributed by atoms with van der Waals surface area (Å²) >= 11 is 3.60. The van der Waals surface area contributed by atoms with Gasteiger partial charge in [-0.1, -0.05) is 53.9 Å². The number of hydrogen-bond donors (Lipinski definition) is 0. The molecule has 0 saturated carbocycles. The molecular formula is C23H14N6S2. The van der Waals surface area contributed by atoms with Crippen molar-refractivity contribution in [2.45, 2.75) is 19.6 Å². The fraction of sp³-hybridized carbons (Fsp3) is 0. The number of rotatable bonds is 3. The Morgan fingerprint density at radius 1 is 0.774 bits per heavy atom. The van der Waals surface area contributed by atoms with Crippen LogP contribution in [0.15, 0.2) is 105 Å². The van der Waals surface area contributed by atoms with E-state index in [1.54, 1.807) is 35.9 Å². The molecule has 0 radical (unpaired) electrons. The fourth-order valence-electron chi connectivity index (χ4n) is 3.38. The van der Waals surface area contributed by atoms with Crippen LogP contribution >= 0.6 is 23.5 Å². The van der Waals surface area contributed by atoms with Crippen LogP contribution in [0.1, 0.15) is 0 Å². The molecule has 0 amide bonds. The molecule has 31 heavy (non-hydrogen) atoms. The van der Waals surface area contributed by atoms with Crippen molar-refractivity contribution >= 4 is 23.5 Å². The predicted octanol–water partition coefficient (Wildman–Crippen LogP) is 5.40. The Hall–Kier alpha value is -3.49. The molecule has 4 heterocycles. The van der Waals surface area contributed by atoms with Gasteiger partial charge >= 0.3 is 0 Å². The van der Waals surface area contributed by atoms with E-state index < -0.39 is 0 Å².